The maximum atomic E-state index is 12.4. The number of aromatic nitrogens is 1. The van der Waals surface area contributed by atoms with Crippen LogP contribution >= 0.6 is 15.9 Å². The standard InChI is InChI=1S/C15H20BrN3O2/c1-4-9(2)13-14(20)18-10(3)15(21)19(13)8-12-6-5-11(16)7-17-12/h5-7,9-10,13H,4,8H2,1-3H3,(H,18,20). The molecule has 1 aromatic heterocycles. The molecule has 21 heavy (non-hydrogen) atoms. The number of piperazine rings is 1. The van der Waals surface area contributed by atoms with Crippen LogP contribution in [0.1, 0.15) is 32.9 Å². The first kappa shape index (κ1) is 15.9. The minimum Gasteiger partial charge on any atom is -0.343 e. The Kier molecular flexibility index (Phi) is 4.98. The summed E-state index contributed by atoms with van der Waals surface area (Å²) in [6.07, 6.45) is 2.54. The lowest BCUT2D eigenvalue weighted by atomic mass is 9.93. The Morgan fingerprint density at radius 3 is 2.71 bits per heavy atom. The van der Waals surface area contributed by atoms with Gasteiger partial charge < -0.3 is 10.2 Å². The van der Waals surface area contributed by atoms with Crippen molar-refractivity contribution in [3.05, 3.63) is 28.5 Å². The Hall–Kier alpha value is -1.43. The fourth-order valence-electron chi connectivity index (χ4n) is 2.53. The molecule has 1 aliphatic rings. The third-order valence-electron chi connectivity index (χ3n) is 3.92. The van der Waals surface area contributed by atoms with Gasteiger partial charge in [-0.25, -0.2) is 0 Å². The molecule has 1 aromatic rings. The van der Waals surface area contributed by atoms with Gasteiger partial charge in [-0.2, -0.15) is 0 Å². The molecule has 0 aliphatic carbocycles. The number of carbonyl (C=O) groups is 2. The highest BCUT2D eigenvalue weighted by molar-refractivity contribution is 9.10. The highest BCUT2D eigenvalue weighted by atomic mass is 79.9. The van der Waals surface area contributed by atoms with E-state index < -0.39 is 12.1 Å². The Morgan fingerprint density at radius 1 is 1.43 bits per heavy atom. The number of amides is 2. The van der Waals surface area contributed by atoms with Gasteiger partial charge in [-0.3, -0.25) is 14.6 Å². The quantitative estimate of drug-likeness (QED) is 0.901. The highest BCUT2D eigenvalue weighted by Crippen LogP contribution is 2.22. The zero-order valence-electron chi connectivity index (χ0n) is 12.5. The van der Waals surface area contributed by atoms with Gasteiger partial charge in [0.2, 0.25) is 11.8 Å². The summed E-state index contributed by atoms with van der Waals surface area (Å²) in [5.74, 6) is -0.0184. The van der Waals surface area contributed by atoms with Crippen molar-refractivity contribution in [1.82, 2.24) is 15.2 Å². The van der Waals surface area contributed by atoms with Crippen molar-refractivity contribution >= 4 is 27.7 Å². The van der Waals surface area contributed by atoms with E-state index in [1.54, 1.807) is 18.0 Å². The van der Waals surface area contributed by atoms with E-state index in [9.17, 15) is 9.59 Å². The summed E-state index contributed by atoms with van der Waals surface area (Å²) in [4.78, 5) is 30.7. The van der Waals surface area contributed by atoms with Crippen molar-refractivity contribution < 1.29 is 9.59 Å². The van der Waals surface area contributed by atoms with E-state index in [2.05, 4.69) is 26.2 Å². The van der Waals surface area contributed by atoms with Crippen molar-refractivity contribution in [3.63, 3.8) is 0 Å². The molecule has 0 spiro atoms. The van der Waals surface area contributed by atoms with Gasteiger partial charge in [0, 0.05) is 10.7 Å². The smallest absolute Gasteiger partial charge is 0.245 e. The SMILES string of the molecule is CCC(C)C1C(=O)NC(C)C(=O)N1Cc1ccc(Br)cn1. The second kappa shape index (κ2) is 6.56. The predicted octanol–water partition coefficient (Wildman–Crippen LogP) is 2.11. The van der Waals surface area contributed by atoms with E-state index in [-0.39, 0.29) is 17.7 Å². The van der Waals surface area contributed by atoms with E-state index >= 15 is 0 Å². The number of rotatable bonds is 4. The molecule has 1 fully saturated rings. The molecule has 1 saturated heterocycles. The number of nitrogens with zero attached hydrogens (tertiary/aromatic N) is 2. The first-order valence-electron chi connectivity index (χ1n) is 7.15. The van der Waals surface area contributed by atoms with Crippen molar-refractivity contribution in [2.75, 3.05) is 0 Å². The Balaban J connectivity index is 2.27. The third kappa shape index (κ3) is 3.43. The Morgan fingerprint density at radius 2 is 2.14 bits per heavy atom. The zero-order valence-corrected chi connectivity index (χ0v) is 14.1. The van der Waals surface area contributed by atoms with Gasteiger partial charge in [-0.1, -0.05) is 20.3 Å². The third-order valence-corrected chi connectivity index (χ3v) is 4.39. The van der Waals surface area contributed by atoms with Gasteiger partial charge in [0.1, 0.15) is 12.1 Å². The van der Waals surface area contributed by atoms with Crippen molar-refractivity contribution in [2.24, 2.45) is 5.92 Å². The van der Waals surface area contributed by atoms with Crippen LogP contribution in [0.5, 0.6) is 0 Å². The van der Waals surface area contributed by atoms with Crippen LogP contribution in [0.4, 0.5) is 0 Å². The Bertz CT molecular complexity index is 532. The van der Waals surface area contributed by atoms with Gasteiger partial charge in [-0.15, -0.1) is 0 Å². The summed E-state index contributed by atoms with van der Waals surface area (Å²) in [6.45, 7) is 6.10. The zero-order chi connectivity index (χ0) is 15.6. The average Bonchev–Trinajstić information content (AvgIpc) is 2.46. The van der Waals surface area contributed by atoms with Gasteiger partial charge in [0.05, 0.1) is 12.2 Å². The number of hydrogen-bond acceptors (Lipinski definition) is 3. The van der Waals surface area contributed by atoms with Gasteiger partial charge in [0.15, 0.2) is 0 Å². The van der Waals surface area contributed by atoms with E-state index in [0.29, 0.717) is 6.54 Å². The number of pyridine rings is 1. The van der Waals surface area contributed by atoms with Crippen molar-refractivity contribution in [2.45, 2.75) is 45.8 Å². The number of hydrogen-bond donors (Lipinski definition) is 1. The molecule has 0 aromatic carbocycles. The lowest BCUT2D eigenvalue weighted by Crippen LogP contribution is -2.63. The molecule has 3 atom stereocenters. The van der Waals surface area contributed by atoms with Crippen LogP contribution in [0, 0.1) is 5.92 Å². The molecule has 1 aliphatic heterocycles. The number of halogens is 1. The van der Waals surface area contributed by atoms with Crippen LogP contribution in [0.15, 0.2) is 22.8 Å². The van der Waals surface area contributed by atoms with Crippen LogP contribution in [0.3, 0.4) is 0 Å². The number of carbonyl (C=O) groups excluding carboxylic acids is 2. The summed E-state index contributed by atoms with van der Waals surface area (Å²) in [6, 6.07) is 2.85. The maximum Gasteiger partial charge on any atom is 0.245 e. The minimum absolute atomic E-state index is 0.0513. The molecule has 2 amide bonds. The first-order valence-corrected chi connectivity index (χ1v) is 7.94. The summed E-state index contributed by atoms with van der Waals surface area (Å²) in [5, 5.41) is 2.76. The maximum absolute atomic E-state index is 12.4. The number of nitrogens with one attached hydrogen (secondary N) is 1. The normalized spacial score (nSPS) is 23.9. The van der Waals surface area contributed by atoms with Crippen LogP contribution < -0.4 is 5.32 Å². The fraction of sp³-hybridized carbons (Fsp3) is 0.533. The van der Waals surface area contributed by atoms with E-state index in [0.717, 1.165) is 16.6 Å². The molecular formula is C15H20BrN3O2. The van der Waals surface area contributed by atoms with Crippen molar-refractivity contribution in [3.8, 4) is 0 Å². The molecule has 0 bridgehead atoms. The molecule has 0 saturated carbocycles. The fourth-order valence-corrected chi connectivity index (χ4v) is 2.76. The average molecular weight is 354 g/mol. The van der Waals surface area contributed by atoms with Gasteiger partial charge in [0.25, 0.3) is 0 Å². The molecule has 5 nitrogen and oxygen atoms in total. The molecule has 3 unspecified atom stereocenters. The monoisotopic (exact) mass is 353 g/mol. The molecular weight excluding hydrogens is 334 g/mol. The summed E-state index contributed by atoms with van der Waals surface area (Å²) >= 11 is 3.34. The second-order valence-corrected chi connectivity index (χ2v) is 6.41. The summed E-state index contributed by atoms with van der Waals surface area (Å²) in [5.41, 5.74) is 0.779. The lowest BCUT2D eigenvalue weighted by Gasteiger charge is -2.40. The largest absolute Gasteiger partial charge is 0.343 e. The molecule has 1 N–H and O–H groups in total. The second-order valence-electron chi connectivity index (χ2n) is 5.49. The van der Waals surface area contributed by atoms with Crippen LogP contribution in [-0.4, -0.2) is 33.8 Å². The molecule has 0 radical (unpaired) electrons. The van der Waals surface area contributed by atoms with Crippen LogP contribution in [0.2, 0.25) is 0 Å². The first-order chi connectivity index (χ1) is 9.93. The van der Waals surface area contributed by atoms with E-state index in [1.807, 2.05) is 26.0 Å². The summed E-state index contributed by atoms with van der Waals surface area (Å²) in [7, 11) is 0. The van der Waals surface area contributed by atoms with Crippen LogP contribution in [-0.2, 0) is 16.1 Å². The topological polar surface area (TPSA) is 62.3 Å². The molecule has 2 rings (SSSR count). The Labute approximate surface area is 133 Å². The molecule has 6 heteroatoms. The predicted molar refractivity (Wildman–Crippen MR) is 83.3 cm³/mol. The summed E-state index contributed by atoms with van der Waals surface area (Å²) < 4.78 is 0.890. The van der Waals surface area contributed by atoms with Gasteiger partial charge in [-0.05, 0) is 40.9 Å². The minimum atomic E-state index is -0.478. The molecule has 114 valence electrons. The molecule has 2 heterocycles. The van der Waals surface area contributed by atoms with Gasteiger partial charge >= 0.3 is 0 Å². The van der Waals surface area contributed by atoms with Crippen molar-refractivity contribution in [1.29, 1.82) is 0 Å². The van der Waals surface area contributed by atoms with E-state index in [1.165, 1.54) is 0 Å². The van der Waals surface area contributed by atoms with Crippen LogP contribution in [0.25, 0.3) is 0 Å². The lowest BCUT2D eigenvalue weighted by molar-refractivity contribution is -0.151. The van der Waals surface area contributed by atoms with E-state index in [4.69, 9.17) is 0 Å². The highest BCUT2D eigenvalue weighted by Gasteiger charge is 2.40.